The number of nitrogens with two attached hydrogens (primary N) is 2. The van der Waals surface area contributed by atoms with Gasteiger partial charge in [0, 0.05) is 12.1 Å². The molecule has 0 radical (unpaired) electrons. The van der Waals surface area contributed by atoms with Gasteiger partial charge in [-0.25, -0.2) is 18.1 Å². The molecule has 1 aromatic heterocycles. The Balaban J connectivity index is 1.71. The van der Waals surface area contributed by atoms with Crippen LogP contribution in [0.2, 0.25) is 0 Å². The Kier molecular flexibility index (Phi) is 7.10. The molecule has 0 aliphatic heterocycles. The number of aromatic nitrogens is 1. The first-order valence-electron chi connectivity index (χ1n) is 9.81. The van der Waals surface area contributed by atoms with E-state index in [1.807, 2.05) is 44.2 Å². The van der Waals surface area contributed by atoms with Crippen molar-refractivity contribution < 1.29 is 13.5 Å². The summed E-state index contributed by atoms with van der Waals surface area (Å²) >= 11 is 1.24. The smallest absolute Gasteiger partial charge is 0.240 e. The molecule has 0 bridgehead atoms. The number of fused-ring (bicyclic) bond motifs is 1. The van der Waals surface area contributed by atoms with Gasteiger partial charge < -0.3 is 16.6 Å². The summed E-state index contributed by atoms with van der Waals surface area (Å²) in [6.07, 6.45) is -0.104. The number of rotatable bonds is 9. The fourth-order valence-corrected chi connectivity index (χ4v) is 5.54. The van der Waals surface area contributed by atoms with E-state index in [9.17, 15) is 13.5 Å². The number of benzene rings is 2. The van der Waals surface area contributed by atoms with Crippen LogP contribution >= 0.6 is 11.3 Å². The Bertz CT molecular complexity index is 1080. The lowest BCUT2D eigenvalue weighted by Crippen LogP contribution is -2.45. The second kappa shape index (κ2) is 9.40. The zero-order valence-corrected chi connectivity index (χ0v) is 18.7. The number of nitrogens with one attached hydrogen (secondary N) is 1. The molecule has 0 saturated carbocycles. The van der Waals surface area contributed by atoms with Gasteiger partial charge in [-0.3, -0.25) is 0 Å². The Morgan fingerprint density at radius 1 is 1.17 bits per heavy atom. The maximum Gasteiger partial charge on any atom is 0.240 e. The minimum atomic E-state index is -3.78. The van der Waals surface area contributed by atoms with Crippen molar-refractivity contribution in [2.24, 2.45) is 11.7 Å². The number of hydrogen-bond acceptors (Lipinski definition) is 7. The van der Waals surface area contributed by atoms with Crippen LogP contribution in [0.5, 0.6) is 0 Å². The van der Waals surface area contributed by atoms with E-state index in [0.717, 1.165) is 5.56 Å². The van der Waals surface area contributed by atoms with Gasteiger partial charge in [0.15, 0.2) is 5.13 Å². The number of hydrogen-bond donors (Lipinski definition) is 4. The fraction of sp³-hybridized carbons (Fsp3) is 0.381. The van der Waals surface area contributed by atoms with Crippen molar-refractivity contribution in [1.82, 2.24) is 9.71 Å². The van der Waals surface area contributed by atoms with E-state index in [4.69, 9.17) is 11.5 Å². The largest absolute Gasteiger partial charge is 0.391 e. The molecule has 7 nitrogen and oxygen atoms in total. The van der Waals surface area contributed by atoms with Crippen LogP contribution in [-0.4, -0.2) is 36.7 Å². The van der Waals surface area contributed by atoms with Crippen LogP contribution in [0, 0.1) is 5.92 Å². The topological polar surface area (TPSA) is 131 Å². The van der Waals surface area contributed by atoms with Gasteiger partial charge >= 0.3 is 0 Å². The highest BCUT2D eigenvalue weighted by Crippen LogP contribution is 2.27. The Hall–Kier alpha value is -2.04. The molecule has 0 aliphatic rings. The molecule has 3 rings (SSSR count). The summed E-state index contributed by atoms with van der Waals surface area (Å²) in [7, 11) is -3.78. The first kappa shape index (κ1) is 22.6. The van der Waals surface area contributed by atoms with Crippen LogP contribution in [0.3, 0.4) is 0 Å². The summed E-state index contributed by atoms with van der Waals surface area (Å²) in [5, 5.41) is 11.0. The predicted molar refractivity (Wildman–Crippen MR) is 122 cm³/mol. The number of sulfonamides is 1. The van der Waals surface area contributed by atoms with Crippen molar-refractivity contribution in [2.45, 2.75) is 49.8 Å². The first-order valence-corrected chi connectivity index (χ1v) is 12.1. The highest BCUT2D eigenvalue weighted by Gasteiger charge is 2.27. The van der Waals surface area contributed by atoms with Gasteiger partial charge in [0.25, 0.3) is 0 Å². The molecule has 3 atom stereocenters. The van der Waals surface area contributed by atoms with Gasteiger partial charge in [-0.15, -0.1) is 0 Å². The fourth-order valence-electron chi connectivity index (χ4n) is 3.27. The van der Waals surface area contributed by atoms with Crippen molar-refractivity contribution in [3.63, 3.8) is 0 Å². The molecule has 6 N–H and O–H groups in total. The number of aliphatic hydroxyl groups excluding tert-OH is 1. The van der Waals surface area contributed by atoms with Crippen LogP contribution in [0.1, 0.15) is 25.8 Å². The minimum absolute atomic E-state index is 0.0267. The number of thiazole rings is 1. The number of nitrogens with zero attached hydrogens (tertiary/aromatic N) is 1. The molecule has 1 heterocycles. The van der Waals surface area contributed by atoms with E-state index < -0.39 is 28.2 Å². The van der Waals surface area contributed by atoms with Crippen molar-refractivity contribution in [1.29, 1.82) is 0 Å². The van der Waals surface area contributed by atoms with Crippen molar-refractivity contribution in [3.05, 3.63) is 54.1 Å². The van der Waals surface area contributed by atoms with E-state index >= 15 is 0 Å². The lowest BCUT2D eigenvalue weighted by Gasteiger charge is -2.27. The van der Waals surface area contributed by atoms with Gasteiger partial charge in [-0.1, -0.05) is 55.5 Å². The SMILES string of the molecule is CC(C)C(CC(O)C(N)Cc1ccccc1)NS(=O)(=O)c1ccc2nc(N)sc2c1. The van der Waals surface area contributed by atoms with E-state index in [0.29, 0.717) is 21.8 Å². The molecule has 0 amide bonds. The number of aliphatic hydroxyl groups is 1. The number of anilines is 1. The molecule has 9 heteroatoms. The highest BCUT2D eigenvalue weighted by molar-refractivity contribution is 7.89. The van der Waals surface area contributed by atoms with E-state index in [-0.39, 0.29) is 17.2 Å². The third-order valence-electron chi connectivity index (χ3n) is 5.10. The molecule has 3 unspecified atom stereocenters. The highest BCUT2D eigenvalue weighted by atomic mass is 32.2. The summed E-state index contributed by atoms with van der Waals surface area (Å²) in [5.41, 5.74) is 13.6. The summed E-state index contributed by atoms with van der Waals surface area (Å²) < 4.78 is 29.4. The average molecular weight is 449 g/mol. The molecular weight excluding hydrogens is 420 g/mol. The third kappa shape index (κ3) is 5.55. The zero-order chi connectivity index (χ0) is 21.9. The molecule has 0 spiro atoms. The number of nitrogen functional groups attached to an aromatic ring is 1. The van der Waals surface area contributed by atoms with Gasteiger partial charge in [-0.2, -0.15) is 0 Å². The minimum Gasteiger partial charge on any atom is -0.391 e. The van der Waals surface area contributed by atoms with E-state index in [1.54, 1.807) is 12.1 Å². The average Bonchev–Trinajstić information content (AvgIpc) is 3.07. The monoisotopic (exact) mass is 448 g/mol. The van der Waals surface area contributed by atoms with Gasteiger partial charge in [0.05, 0.1) is 21.2 Å². The van der Waals surface area contributed by atoms with Gasteiger partial charge in [-0.05, 0) is 42.5 Å². The molecule has 162 valence electrons. The summed E-state index contributed by atoms with van der Waals surface area (Å²) in [6, 6.07) is 13.5. The first-order chi connectivity index (χ1) is 14.2. The van der Waals surface area contributed by atoms with Crippen molar-refractivity contribution in [2.75, 3.05) is 5.73 Å². The second-order valence-corrected chi connectivity index (χ2v) is 10.6. The van der Waals surface area contributed by atoms with Crippen LogP contribution in [0.4, 0.5) is 5.13 Å². The van der Waals surface area contributed by atoms with Crippen molar-refractivity contribution in [3.8, 4) is 0 Å². The standard InChI is InChI=1S/C21H28N4O3S2/c1-13(2)18(12-19(26)16(22)10-14-6-4-3-5-7-14)25-30(27,28)15-8-9-17-20(11-15)29-21(23)24-17/h3-9,11,13,16,18-19,25-26H,10,12,22H2,1-2H3,(H2,23,24). The Morgan fingerprint density at radius 2 is 1.87 bits per heavy atom. The molecule has 3 aromatic rings. The van der Waals surface area contributed by atoms with Crippen LogP contribution in [0.25, 0.3) is 10.2 Å². The summed E-state index contributed by atoms with van der Waals surface area (Å²) in [6.45, 7) is 3.82. The van der Waals surface area contributed by atoms with Gasteiger partial charge in [0.1, 0.15) is 0 Å². The van der Waals surface area contributed by atoms with Crippen LogP contribution < -0.4 is 16.2 Å². The Labute approximate surface area is 181 Å². The molecule has 30 heavy (non-hydrogen) atoms. The van der Waals surface area contributed by atoms with Gasteiger partial charge in [0.2, 0.25) is 10.0 Å². The second-order valence-electron chi connectivity index (χ2n) is 7.81. The van der Waals surface area contributed by atoms with Crippen molar-refractivity contribution >= 4 is 36.7 Å². The maximum absolute atomic E-state index is 13.0. The third-order valence-corrected chi connectivity index (χ3v) is 7.44. The summed E-state index contributed by atoms with van der Waals surface area (Å²) in [4.78, 5) is 4.30. The Morgan fingerprint density at radius 3 is 2.53 bits per heavy atom. The molecule has 0 saturated heterocycles. The van der Waals surface area contributed by atoms with E-state index in [1.165, 1.54) is 17.4 Å². The maximum atomic E-state index is 13.0. The lowest BCUT2D eigenvalue weighted by molar-refractivity contribution is 0.117. The van der Waals surface area contributed by atoms with E-state index in [2.05, 4.69) is 9.71 Å². The molecule has 0 aliphatic carbocycles. The molecule has 0 fully saturated rings. The molecular formula is C21H28N4O3S2. The predicted octanol–water partition coefficient (Wildman–Crippen LogP) is 2.50. The molecule has 2 aromatic carbocycles. The quantitative estimate of drug-likeness (QED) is 0.398. The lowest BCUT2D eigenvalue weighted by atomic mass is 9.93. The zero-order valence-electron chi connectivity index (χ0n) is 17.0. The van der Waals surface area contributed by atoms with Crippen LogP contribution in [0.15, 0.2) is 53.4 Å². The summed E-state index contributed by atoms with van der Waals surface area (Å²) in [5.74, 6) is -0.0267. The van der Waals surface area contributed by atoms with Crippen LogP contribution in [-0.2, 0) is 16.4 Å². The normalized spacial score (nSPS) is 15.4.